The smallest absolute Gasteiger partial charge is 0.330 e. The molecule has 2 aromatic rings. The van der Waals surface area contributed by atoms with Gasteiger partial charge >= 0.3 is 5.69 Å². The average molecular weight is 327 g/mol. The molecule has 1 amide bonds. The number of hydrogen-bond donors (Lipinski definition) is 1. The summed E-state index contributed by atoms with van der Waals surface area (Å²) in [5.74, 6) is -0.304. The van der Waals surface area contributed by atoms with Gasteiger partial charge < -0.3 is 9.88 Å². The Morgan fingerprint density at radius 2 is 1.88 bits per heavy atom. The van der Waals surface area contributed by atoms with Gasteiger partial charge in [0.1, 0.15) is 0 Å². The summed E-state index contributed by atoms with van der Waals surface area (Å²) in [6.45, 7) is 3.89. The quantitative estimate of drug-likeness (QED) is 0.860. The van der Waals surface area contributed by atoms with E-state index in [1.807, 2.05) is 38.1 Å². The van der Waals surface area contributed by atoms with Gasteiger partial charge in [0.2, 0.25) is 5.91 Å². The number of rotatable bonds is 4. The van der Waals surface area contributed by atoms with Crippen molar-refractivity contribution in [2.45, 2.75) is 19.9 Å². The van der Waals surface area contributed by atoms with Crippen LogP contribution in [0.3, 0.4) is 0 Å². The van der Waals surface area contributed by atoms with Crippen molar-refractivity contribution in [1.29, 1.82) is 0 Å². The number of carbonyl (C=O) groups excluding carboxylic acids is 1. The summed E-state index contributed by atoms with van der Waals surface area (Å²) in [7, 11) is 2.96. The summed E-state index contributed by atoms with van der Waals surface area (Å²) in [5.41, 5.74) is 1.57. The first-order chi connectivity index (χ1) is 11.3. The summed E-state index contributed by atoms with van der Waals surface area (Å²) in [4.78, 5) is 35.7. The molecule has 1 atom stereocenters. The highest BCUT2D eigenvalue weighted by atomic mass is 16.2. The van der Waals surface area contributed by atoms with Gasteiger partial charge in [-0.3, -0.25) is 14.2 Å². The molecule has 0 bridgehead atoms. The maximum Gasteiger partial charge on any atom is 0.330 e. The third-order valence-corrected chi connectivity index (χ3v) is 3.90. The highest BCUT2D eigenvalue weighted by Crippen LogP contribution is 2.16. The highest BCUT2D eigenvalue weighted by Gasteiger charge is 2.10. The van der Waals surface area contributed by atoms with Gasteiger partial charge in [0.25, 0.3) is 5.56 Å². The molecule has 24 heavy (non-hydrogen) atoms. The summed E-state index contributed by atoms with van der Waals surface area (Å²) in [5, 5.41) is 2.86. The van der Waals surface area contributed by atoms with Crippen molar-refractivity contribution >= 4 is 12.0 Å². The van der Waals surface area contributed by atoms with Crippen LogP contribution >= 0.6 is 0 Å². The minimum atomic E-state index is -0.436. The van der Waals surface area contributed by atoms with E-state index in [1.54, 1.807) is 7.05 Å². The number of carbonyl (C=O) groups is 1. The topological polar surface area (TPSA) is 73.1 Å². The molecular formula is C18H21N3O3. The van der Waals surface area contributed by atoms with Crippen LogP contribution in [0.5, 0.6) is 0 Å². The van der Waals surface area contributed by atoms with Crippen molar-refractivity contribution in [1.82, 2.24) is 14.5 Å². The molecule has 2 rings (SSSR count). The third-order valence-electron chi connectivity index (χ3n) is 3.90. The monoisotopic (exact) mass is 327 g/mol. The second-order valence-electron chi connectivity index (χ2n) is 5.76. The molecule has 1 heterocycles. The van der Waals surface area contributed by atoms with Gasteiger partial charge in [-0.15, -0.1) is 0 Å². The maximum atomic E-state index is 12.1. The predicted molar refractivity (Wildman–Crippen MR) is 93.7 cm³/mol. The molecule has 0 saturated carbocycles. The van der Waals surface area contributed by atoms with Crippen molar-refractivity contribution in [3.05, 3.63) is 74.1 Å². The average Bonchev–Trinajstić information content (AvgIpc) is 2.55. The lowest BCUT2D eigenvalue weighted by atomic mass is 10.0. The Hall–Kier alpha value is -2.89. The normalized spacial score (nSPS) is 12.3. The van der Waals surface area contributed by atoms with E-state index in [1.165, 1.54) is 30.0 Å². The first kappa shape index (κ1) is 17.5. The van der Waals surface area contributed by atoms with Crippen LogP contribution in [-0.4, -0.2) is 15.0 Å². The van der Waals surface area contributed by atoms with Gasteiger partial charge in [0, 0.05) is 26.4 Å². The van der Waals surface area contributed by atoms with E-state index in [0.29, 0.717) is 0 Å². The minimum Gasteiger partial charge on any atom is -0.346 e. The lowest BCUT2D eigenvalue weighted by Gasteiger charge is -2.15. The Labute approximate surface area is 140 Å². The Morgan fingerprint density at radius 3 is 2.54 bits per heavy atom. The lowest BCUT2D eigenvalue weighted by molar-refractivity contribution is -0.117. The summed E-state index contributed by atoms with van der Waals surface area (Å²) < 4.78 is 2.31. The molecule has 0 fully saturated rings. The molecule has 0 spiro atoms. The van der Waals surface area contributed by atoms with Gasteiger partial charge in [-0.05, 0) is 31.1 Å². The minimum absolute atomic E-state index is 0.147. The van der Waals surface area contributed by atoms with Crippen LogP contribution in [0.4, 0.5) is 0 Å². The van der Waals surface area contributed by atoms with E-state index in [9.17, 15) is 14.4 Å². The number of aromatic nitrogens is 2. The standard InChI is InChI=1S/C18H21N3O3/c1-12-7-5-6-8-15(12)13(2)19-16(22)10-9-14-11-20(3)18(24)21(4)17(14)23/h5-11,13H,1-4H3,(H,19,22)/b10-9+. The van der Waals surface area contributed by atoms with Crippen LogP contribution in [0.2, 0.25) is 0 Å². The van der Waals surface area contributed by atoms with Gasteiger partial charge in [0.05, 0.1) is 11.6 Å². The molecule has 1 aromatic heterocycles. The number of hydrogen-bond acceptors (Lipinski definition) is 3. The van der Waals surface area contributed by atoms with Gasteiger partial charge in [0.15, 0.2) is 0 Å². The van der Waals surface area contributed by atoms with Gasteiger partial charge in [-0.1, -0.05) is 24.3 Å². The Kier molecular flexibility index (Phi) is 5.18. The Bertz CT molecular complexity index is 906. The van der Waals surface area contributed by atoms with E-state index >= 15 is 0 Å². The fourth-order valence-electron chi connectivity index (χ4n) is 2.53. The summed E-state index contributed by atoms with van der Waals surface area (Å²) >= 11 is 0. The second-order valence-corrected chi connectivity index (χ2v) is 5.76. The van der Waals surface area contributed by atoms with Crippen molar-refractivity contribution in [2.24, 2.45) is 14.1 Å². The molecule has 0 aliphatic carbocycles. The third kappa shape index (κ3) is 3.71. The van der Waals surface area contributed by atoms with Crippen LogP contribution < -0.4 is 16.6 Å². The molecule has 0 radical (unpaired) electrons. The zero-order valence-electron chi connectivity index (χ0n) is 14.2. The van der Waals surface area contributed by atoms with Crippen LogP contribution in [0, 0.1) is 6.92 Å². The maximum absolute atomic E-state index is 12.1. The van der Waals surface area contributed by atoms with E-state index in [4.69, 9.17) is 0 Å². The van der Waals surface area contributed by atoms with Gasteiger partial charge in [-0.25, -0.2) is 4.79 Å². The number of aryl methyl sites for hydroxylation is 2. The van der Waals surface area contributed by atoms with Crippen LogP contribution in [-0.2, 0) is 18.9 Å². The largest absolute Gasteiger partial charge is 0.346 e. The van der Waals surface area contributed by atoms with Gasteiger partial charge in [-0.2, -0.15) is 0 Å². The highest BCUT2D eigenvalue weighted by molar-refractivity contribution is 5.91. The molecule has 126 valence electrons. The van der Waals surface area contributed by atoms with Crippen LogP contribution in [0.25, 0.3) is 6.08 Å². The molecular weight excluding hydrogens is 306 g/mol. The zero-order valence-corrected chi connectivity index (χ0v) is 14.2. The molecule has 6 nitrogen and oxygen atoms in total. The Balaban J connectivity index is 2.16. The van der Waals surface area contributed by atoms with E-state index in [0.717, 1.165) is 15.7 Å². The molecule has 1 unspecified atom stereocenters. The van der Waals surface area contributed by atoms with Crippen molar-refractivity contribution in [3.8, 4) is 0 Å². The van der Waals surface area contributed by atoms with Crippen molar-refractivity contribution in [2.75, 3.05) is 0 Å². The number of benzene rings is 1. The molecule has 1 N–H and O–H groups in total. The van der Waals surface area contributed by atoms with Crippen LogP contribution in [0.1, 0.15) is 29.7 Å². The SMILES string of the molecule is Cc1ccccc1C(C)NC(=O)/C=C/c1cn(C)c(=O)n(C)c1=O. The zero-order chi connectivity index (χ0) is 17.9. The Morgan fingerprint density at radius 1 is 1.21 bits per heavy atom. The number of nitrogens with one attached hydrogen (secondary N) is 1. The number of amides is 1. The lowest BCUT2D eigenvalue weighted by Crippen LogP contribution is -2.37. The molecule has 0 aliphatic rings. The molecule has 0 aliphatic heterocycles. The fraction of sp³-hybridized carbons (Fsp3) is 0.278. The summed E-state index contributed by atoms with van der Waals surface area (Å²) in [6, 6.07) is 7.68. The van der Waals surface area contributed by atoms with E-state index in [2.05, 4.69) is 5.32 Å². The molecule has 1 aromatic carbocycles. The molecule has 0 saturated heterocycles. The van der Waals surface area contributed by atoms with Crippen LogP contribution in [0.15, 0.2) is 46.1 Å². The van der Waals surface area contributed by atoms with Crippen molar-refractivity contribution in [3.63, 3.8) is 0 Å². The van der Waals surface area contributed by atoms with E-state index < -0.39 is 11.2 Å². The van der Waals surface area contributed by atoms with E-state index in [-0.39, 0.29) is 17.5 Å². The predicted octanol–water partition coefficient (Wildman–Crippen LogP) is 1.28. The van der Waals surface area contributed by atoms with Crippen molar-refractivity contribution < 1.29 is 4.79 Å². The number of nitrogens with zero attached hydrogens (tertiary/aromatic N) is 2. The second kappa shape index (κ2) is 7.12. The fourth-order valence-corrected chi connectivity index (χ4v) is 2.53. The first-order valence-electron chi connectivity index (χ1n) is 7.62. The summed E-state index contributed by atoms with van der Waals surface area (Å²) in [6.07, 6.45) is 4.14. The molecule has 6 heteroatoms. The first-order valence-corrected chi connectivity index (χ1v) is 7.62.